The molecular formula is C18H20BrNO. The fourth-order valence-corrected chi connectivity index (χ4v) is 3.62. The maximum absolute atomic E-state index is 6.40. The second-order valence-corrected chi connectivity index (χ2v) is 6.52. The van der Waals surface area contributed by atoms with Crippen molar-refractivity contribution in [2.75, 3.05) is 7.11 Å². The van der Waals surface area contributed by atoms with Crippen LogP contribution in [0.3, 0.4) is 0 Å². The van der Waals surface area contributed by atoms with Gasteiger partial charge in [-0.15, -0.1) is 0 Å². The third kappa shape index (κ3) is 3.14. The number of hydrogen-bond acceptors (Lipinski definition) is 2. The van der Waals surface area contributed by atoms with Crippen molar-refractivity contribution in [3.8, 4) is 5.75 Å². The van der Waals surface area contributed by atoms with Gasteiger partial charge in [0.15, 0.2) is 0 Å². The number of hydrogen-bond donors (Lipinski definition) is 1. The van der Waals surface area contributed by atoms with Gasteiger partial charge in [0.25, 0.3) is 0 Å². The molecule has 2 aromatic rings. The number of halogens is 1. The van der Waals surface area contributed by atoms with Gasteiger partial charge in [-0.25, -0.2) is 0 Å². The summed E-state index contributed by atoms with van der Waals surface area (Å²) in [5.74, 6) is 0.852. The quantitative estimate of drug-likeness (QED) is 0.901. The molecule has 21 heavy (non-hydrogen) atoms. The monoisotopic (exact) mass is 345 g/mol. The highest BCUT2D eigenvalue weighted by atomic mass is 79.9. The molecule has 1 unspecified atom stereocenters. The largest absolute Gasteiger partial charge is 0.496 e. The van der Waals surface area contributed by atoms with E-state index in [2.05, 4.69) is 46.3 Å². The topological polar surface area (TPSA) is 35.2 Å². The number of rotatable bonds is 4. The van der Waals surface area contributed by atoms with Crippen molar-refractivity contribution in [1.82, 2.24) is 0 Å². The van der Waals surface area contributed by atoms with E-state index in [1.807, 2.05) is 6.07 Å². The lowest BCUT2D eigenvalue weighted by atomic mass is 9.96. The Kier molecular flexibility index (Phi) is 4.32. The molecule has 0 amide bonds. The standard InChI is InChI=1S/C18H20BrNO/c1-21-18-8-5-12(9-16(18)19)10-17(20)15-7-6-13-3-2-4-14(13)11-15/h5-9,11,17H,2-4,10,20H2,1H3. The Morgan fingerprint density at radius 2 is 1.95 bits per heavy atom. The number of nitrogens with two attached hydrogens (primary N) is 1. The van der Waals surface area contributed by atoms with Gasteiger partial charge in [0.05, 0.1) is 11.6 Å². The summed E-state index contributed by atoms with van der Waals surface area (Å²) < 4.78 is 6.24. The minimum atomic E-state index is 0.0381. The highest BCUT2D eigenvalue weighted by molar-refractivity contribution is 9.10. The molecule has 0 aliphatic heterocycles. The van der Waals surface area contributed by atoms with E-state index < -0.39 is 0 Å². The molecule has 0 fully saturated rings. The molecule has 2 N–H and O–H groups in total. The normalized spacial score (nSPS) is 14.8. The summed E-state index contributed by atoms with van der Waals surface area (Å²) in [6, 6.07) is 12.9. The van der Waals surface area contributed by atoms with Gasteiger partial charge >= 0.3 is 0 Å². The number of ether oxygens (including phenoxy) is 1. The van der Waals surface area contributed by atoms with Gasteiger partial charge in [0, 0.05) is 6.04 Å². The zero-order chi connectivity index (χ0) is 14.8. The van der Waals surface area contributed by atoms with E-state index in [0.717, 1.165) is 16.6 Å². The highest BCUT2D eigenvalue weighted by Gasteiger charge is 2.14. The van der Waals surface area contributed by atoms with Crippen LogP contribution >= 0.6 is 15.9 Å². The van der Waals surface area contributed by atoms with Crippen LogP contribution in [-0.2, 0) is 19.3 Å². The molecule has 110 valence electrons. The van der Waals surface area contributed by atoms with E-state index in [1.54, 1.807) is 7.11 Å². The predicted molar refractivity (Wildman–Crippen MR) is 89.8 cm³/mol. The summed E-state index contributed by atoms with van der Waals surface area (Å²) in [5, 5.41) is 0. The van der Waals surface area contributed by atoms with Crippen molar-refractivity contribution in [3.05, 3.63) is 63.1 Å². The molecule has 3 rings (SSSR count). The lowest BCUT2D eigenvalue weighted by Crippen LogP contribution is -2.13. The van der Waals surface area contributed by atoms with Crippen LogP contribution in [0.25, 0.3) is 0 Å². The Hall–Kier alpha value is -1.32. The smallest absolute Gasteiger partial charge is 0.133 e. The number of fused-ring (bicyclic) bond motifs is 1. The van der Waals surface area contributed by atoms with Crippen molar-refractivity contribution < 1.29 is 4.74 Å². The first-order valence-electron chi connectivity index (χ1n) is 7.37. The van der Waals surface area contributed by atoms with Crippen LogP contribution in [0.4, 0.5) is 0 Å². The minimum Gasteiger partial charge on any atom is -0.496 e. The van der Waals surface area contributed by atoms with Crippen molar-refractivity contribution in [2.24, 2.45) is 5.73 Å². The summed E-state index contributed by atoms with van der Waals surface area (Å²) in [7, 11) is 1.68. The van der Waals surface area contributed by atoms with E-state index in [4.69, 9.17) is 10.5 Å². The molecule has 2 aromatic carbocycles. The molecule has 0 aromatic heterocycles. The van der Waals surface area contributed by atoms with Gasteiger partial charge < -0.3 is 10.5 Å². The molecule has 0 bridgehead atoms. The van der Waals surface area contributed by atoms with Crippen molar-refractivity contribution >= 4 is 15.9 Å². The summed E-state index contributed by atoms with van der Waals surface area (Å²) in [4.78, 5) is 0. The third-order valence-electron chi connectivity index (χ3n) is 4.22. The second kappa shape index (κ2) is 6.20. The first-order valence-corrected chi connectivity index (χ1v) is 8.16. The Morgan fingerprint density at radius 3 is 2.71 bits per heavy atom. The lowest BCUT2D eigenvalue weighted by molar-refractivity contribution is 0.412. The zero-order valence-electron chi connectivity index (χ0n) is 12.2. The van der Waals surface area contributed by atoms with Crippen molar-refractivity contribution in [3.63, 3.8) is 0 Å². The average molecular weight is 346 g/mol. The number of methoxy groups -OCH3 is 1. The van der Waals surface area contributed by atoms with Crippen molar-refractivity contribution in [1.29, 1.82) is 0 Å². The van der Waals surface area contributed by atoms with Crippen LogP contribution in [0.15, 0.2) is 40.9 Å². The SMILES string of the molecule is COc1ccc(CC(N)c2ccc3c(c2)CCC3)cc1Br. The van der Waals surface area contributed by atoms with Crippen LogP contribution in [0, 0.1) is 0 Å². The van der Waals surface area contributed by atoms with E-state index in [9.17, 15) is 0 Å². The van der Waals surface area contributed by atoms with Gasteiger partial charge in [-0.2, -0.15) is 0 Å². The molecule has 0 spiro atoms. The first-order chi connectivity index (χ1) is 10.2. The van der Waals surface area contributed by atoms with Crippen LogP contribution in [-0.4, -0.2) is 7.11 Å². The van der Waals surface area contributed by atoms with Crippen LogP contribution in [0.2, 0.25) is 0 Å². The lowest BCUT2D eigenvalue weighted by Gasteiger charge is -2.14. The number of aryl methyl sites for hydroxylation is 2. The molecule has 0 saturated carbocycles. The second-order valence-electron chi connectivity index (χ2n) is 5.66. The van der Waals surface area contributed by atoms with Gasteiger partial charge in [-0.1, -0.05) is 24.3 Å². The summed E-state index contributed by atoms with van der Waals surface area (Å²) >= 11 is 3.53. The Labute approximate surface area is 134 Å². The molecule has 1 aliphatic carbocycles. The van der Waals surface area contributed by atoms with Crippen molar-refractivity contribution in [2.45, 2.75) is 31.7 Å². The van der Waals surface area contributed by atoms with E-state index in [-0.39, 0.29) is 6.04 Å². The fourth-order valence-electron chi connectivity index (χ4n) is 3.03. The minimum absolute atomic E-state index is 0.0381. The van der Waals surface area contributed by atoms with Crippen LogP contribution < -0.4 is 10.5 Å². The summed E-state index contributed by atoms with van der Waals surface area (Å²) in [6.45, 7) is 0. The molecule has 0 saturated heterocycles. The molecule has 3 heteroatoms. The van der Waals surface area contributed by atoms with E-state index >= 15 is 0 Å². The van der Waals surface area contributed by atoms with Crippen LogP contribution in [0.5, 0.6) is 5.75 Å². The fraction of sp³-hybridized carbons (Fsp3) is 0.333. The maximum Gasteiger partial charge on any atom is 0.133 e. The van der Waals surface area contributed by atoms with E-state index in [0.29, 0.717) is 0 Å². The Balaban J connectivity index is 1.76. The average Bonchev–Trinajstić information content (AvgIpc) is 2.94. The molecule has 1 aliphatic rings. The van der Waals surface area contributed by atoms with Gasteiger partial charge in [0.2, 0.25) is 0 Å². The summed E-state index contributed by atoms with van der Waals surface area (Å²) in [6.07, 6.45) is 4.53. The number of benzene rings is 2. The molecule has 0 heterocycles. The van der Waals surface area contributed by atoms with E-state index in [1.165, 1.54) is 41.5 Å². The highest BCUT2D eigenvalue weighted by Crippen LogP contribution is 2.29. The predicted octanol–water partition coefficient (Wildman–Crippen LogP) is 4.19. The maximum atomic E-state index is 6.40. The Morgan fingerprint density at radius 1 is 1.14 bits per heavy atom. The molecule has 1 atom stereocenters. The molecular weight excluding hydrogens is 326 g/mol. The zero-order valence-corrected chi connectivity index (χ0v) is 13.8. The first kappa shape index (κ1) is 14.6. The van der Waals surface area contributed by atoms with Crippen LogP contribution in [0.1, 0.15) is 34.7 Å². The van der Waals surface area contributed by atoms with Gasteiger partial charge in [0.1, 0.15) is 5.75 Å². The van der Waals surface area contributed by atoms with Gasteiger partial charge in [-0.05, 0) is 76.0 Å². The third-order valence-corrected chi connectivity index (χ3v) is 4.84. The van der Waals surface area contributed by atoms with Gasteiger partial charge in [-0.3, -0.25) is 0 Å². The Bertz CT molecular complexity index is 654. The molecule has 0 radical (unpaired) electrons. The molecule has 2 nitrogen and oxygen atoms in total. The summed E-state index contributed by atoms with van der Waals surface area (Å²) in [5.41, 5.74) is 11.8.